The number of hydrogen-bond donors (Lipinski definition) is 0. The van der Waals surface area contributed by atoms with E-state index in [0.717, 1.165) is 37.7 Å². The molecule has 0 unspecified atom stereocenters. The van der Waals surface area contributed by atoms with Gasteiger partial charge in [0.05, 0.1) is 24.4 Å². The van der Waals surface area contributed by atoms with Gasteiger partial charge in [0.25, 0.3) is 0 Å². The molecule has 2 aromatic rings. The van der Waals surface area contributed by atoms with Crippen LogP contribution in [0.2, 0.25) is 0 Å². The van der Waals surface area contributed by atoms with Crippen LogP contribution in [0.5, 0.6) is 0 Å². The van der Waals surface area contributed by atoms with Crippen LogP contribution >= 0.6 is 0 Å². The summed E-state index contributed by atoms with van der Waals surface area (Å²) in [6.45, 7) is 8.97. The summed E-state index contributed by atoms with van der Waals surface area (Å²) in [4.78, 5) is 12.6. The Morgan fingerprint density at radius 2 is 1.60 bits per heavy atom. The van der Waals surface area contributed by atoms with E-state index in [1.165, 1.54) is 0 Å². The SMILES string of the molecule is C=CC[C@@H](C[C@@H](C)C[C@@H](C[C@H](CCC)OC(=O)c1ccccc1)OC)OCOCc1ccccc1. The number of ether oxygens (including phenoxy) is 4. The second kappa shape index (κ2) is 17.0. The van der Waals surface area contributed by atoms with Gasteiger partial charge in [-0.15, -0.1) is 6.58 Å². The van der Waals surface area contributed by atoms with E-state index in [2.05, 4.69) is 20.4 Å². The van der Waals surface area contributed by atoms with Crippen molar-refractivity contribution in [2.45, 2.75) is 77.3 Å². The number of rotatable bonds is 18. The average Bonchev–Trinajstić information content (AvgIpc) is 2.87. The molecule has 0 radical (unpaired) electrons. The van der Waals surface area contributed by atoms with Gasteiger partial charge in [-0.2, -0.15) is 0 Å². The van der Waals surface area contributed by atoms with Crippen molar-refractivity contribution >= 4 is 5.97 Å². The molecule has 0 bridgehead atoms. The van der Waals surface area contributed by atoms with E-state index in [4.69, 9.17) is 18.9 Å². The predicted octanol–water partition coefficient (Wildman–Crippen LogP) is 6.97. The number of esters is 1. The van der Waals surface area contributed by atoms with Gasteiger partial charge in [-0.05, 0) is 49.3 Å². The van der Waals surface area contributed by atoms with E-state index >= 15 is 0 Å². The molecule has 0 fully saturated rings. The lowest BCUT2D eigenvalue weighted by Crippen LogP contribution is -2.27. The molecule has 0 saturated heterocycles. The van der Waals surface area contributed by atoms with Gasteiger partial charge in [0, 0.05) is 13.5 Å². The molecule has 5 heteroatoms. The summed E-state index contributed by atoms with van der Waals surface area (Å²) in [5.74, 6) is 0.0908. The summed E-state index contributed by atoms with van der Waals surface area (Å²) in [6, 6.07) is 19.2. The predicted molar refractivity (Wildman–Crippen MR) is 140 cm³/mol. The molecule has 5 nitrogen and oxygen atoms in total. The molecular formula is C30H42O5. The van der Waals surface area contributed by atoms with E-state index in [0.29, 0.717) is 24.5 Å². The minimum absolute atomic E-state index is 0.00355. The Labute approximate surface area is 211 Å². The van der Waals surface area contributed by atoms with Crippen LogP contribution in [0.1, 0.15) is 68.3 Å². The van der Waals surface area contributed by atoms with Gasteiger partial charge in [0.1, 0.15) is 12.9 Å². The normalized spacial score (nSPS) is 14.6. The molecule has 2 rings (SSSR count). The third kappa shape index (κ3) is 11.7. The molecule has 35 heavy (non-hydrogen) atoms. The molecule has 0 aliphatic heterocycles. The van der Waals surface area contributed by atoms with Gasteiger partial charge in [0.15, 0.2) is 0 Å². The van der Waals surface area contributed by atoms with Crippen LogP contribution in [0.15, 0.2) is 73.3 Å². The molecule has 0 aromatic heterocycles. The Kier molecular flexibility index (Phi) is 14.0. The summed E-state index contributed by atoms with van der Waals surface area (Å²) in [5, 5.41) is 0. The van der Waals surface area contributed by atoms with Gasteiger partial charge in [0.2, 0.25) is 0 Å². The summed E-state index contributed by atoms with van der Waals surface area (Å²) in [6.07, 6.45) is 6.71. The third-order valence-corrected chi connectivity index (χ3v) is 6.01. The van der Waals surface area contributed by atoms with Crippen LogP contribution < -0.4 is 0 Å². The molecule has 192 valence electrons. The molecule has 2 aromatic carbocycles. The molecule has 0 heterocycles. The highest BCUT2D eigenvalue weighted by atomic mass is 16.7. The van der Waals surface area contributed by atoms with E-state index < -0.39 is 0 Å². The first-order valence-corrected chi connectivity index (χ1v) is 12.7. The van der Waals surface area contributed by atoms with Crippen molar-refractivity contribution in [3.05, 3.63) is 84.4 Å². The van der Waals surface area contributed by atoms with Crippen molar-refractivity contribution in [2.75, 3.05) is 13.9 Å². The first-order chi connectivity index (χ1) is 17.0. The largest absolute Gasteiger partial charge is 0.459 e. The lowest BCUT2D eigenvalue weighted by atomic mass is 9.92. The van der Waals surface area contributed by atoms with E-state index in [-0.39, 0.29) is 31.1 Å². The van der Waals surface area contributed by atoms with Crippen molar-refractivity contribution in [3.63, 3.8) is 0 Å². The lowest BCUT2D eigenvalue weighted by molar-refractivity contribution is -0.101. The summed E-state index contributed by atoms with van der Waals surface area (Å²) >= 11 is 0. The smallest absolute Gasteiger partial charge is 0.338 e. The van der Waals surface area contributed by atoms with Gasteiger partial charge in [-0.25, -0.2) is 4.79 Å². The zero-order valence-electron chi connectivity index (χ0n) is 21.6. The second-order valence-corrected chi connectivity index (χ2v) is 9.12. The minimum atomic E-state index is -0.276. The molecular weight excluding hydrogens is 440 g/mol. The Hall–Kier alpha value is -2.47. The van der Waals surface area contributed by atoms with Gasteiger partial charge in [-0.3, -0.25) is 0 Å². The van der Waals surface area contributed by atoms with Gasteiger partial charge < -0.3 is 18.9 Å². The summed E-state index contributed by atoms with van der Waals surface area (Å²) < 4.78 is 23.3. The van der Waals surface area contributed by atoms with Crippen LogP contribution in [0.3, 0.4) is 0 Å². The highest BCUT2D eigenvalue weighted by Gasteiger charge is 2.23. The summed E-state index contributed by atoms with van der Waals surface area (Å²) in [7, 11) is 1.73. The highest BCUT2D eigenvalue weighted by Crippen LogP contribution is 2.23. The van der Waals surface area contributed by atoms with Crippen LogP contribution in [-0.4, -0.2) is 38.2 Å². The minimum Gasteiger partial charge on any atom is -0.459 e. The number of carbonyl (C=O) groups excluding carboxylic acids is 1. The average molecular weight is 483 g/mol. The number of carbonyl (C=O) groups is 1. The monoisotopic (exact) mass is 482 g/mol. The fourth-order valence-corrected chi connectivity index (χ4v) is 4.21. The molecule has 0 amide bonds. The molecule has 0 aliphatic rings. The fraction of sp³-hybridized carbons (Fsp3) is 0.500. The maximum absolute atomic E-state index is 12.6. The Morgan fingerprint density at radius 1 is 0.943 bits per heavy atom. The van der Waals surface area contributed by atoms with Crippen molar-refractivity contribution in [1.29, 1.82) is 0 Å². The quantitative estimate of drug-likeness (QED) is 0.0994. The van der Waals surface area contributed by atoms with E-state index in [1.807, 2.05) is 54.6 Å². The van der Waals surface area contributed by atoms with Crippen LogP contribution in [0.4, 0.5) is 0 Å². The van der Waals surface area contributed by atoms with Crippen LogP contribution in [0, 0.1) is 5.92 Å². The lowest BCUT2D eigenvalue weighted by Gasteiger charge is -2.26. The van der Waals surface area contributed by atoms with Gasteiger partial charge in [-0.1, -0.05) is 74.9 Å². The van der Waals surface area contributed by atoms with E-state index in [9.17, 15) is 4.79 Å². The molecule has 0 saturated carbocycles. The number of methoxy groups -OCH3 is 1. The number of benzene rings is 2. The van der Waals surface area contributed by atoms with E-state index in [1.54, 1.807) is 19.2 Å². The second-order valence-electron chi connectivity index (χ2n) is 9.12. The Balaban J connectivity index is 1.81. The Bertz CT molecular complexity index is 823. The molecule has 0 N–H and O–H groups in total. The maximum Gasteiger partial charge on any atom is 0.338 e. The van der Waals surface area contributed by atoms with Crippen molar-refractivity contribution < 1.29 is 23.7 Å². The zero-order valence-corrected chi connectivity index (χ0v) is 21.6. The fourth-order valence-electron chi connectivity index (χ4n) is 4.21. The highest BCUT2D eigenvalue weighted by molar-refractivity contribution is 5.89. The molecule has 0 aliphatic carbocycles. The summed E-state index contributed by atoms with van der Waals surface area (Å²) in [5.41, 5.74) is 1.71. The maximum atomic E-state index is 12.6. The van der Waals surface area contributed by atoms with Gasteiger partial charge >= 0.3 is 5.97 Å². The topological polar surface area (TPSA) is 54.0 Å². The van der Waals surface area contributed by atoms with Crippen molar-refractivity contribution in [2.24, 2.45) is 5.92 Å². The first kappa shape index (κ1) is 28.8. The molecule has 0 spiro atoms. The van der Waals surface area contributed by atoms with Crippen molar-refractivity contribution in [3.8, 4) is 0 Å². The van der Waals surface area contributed by atoms with Crippen molar-refractivity contribution in [1.82, 2.24) is 0 Å². The van der Waals surface area contributed by atoms with Crippen LogP contribution in [-0.2, 0) is 25.6 Å². The Morgan fingerprint density at radius 3 is 2.23 bits per heavy atom. The standard InChI is InChI=1S/C30H42O5/c1-5-13-27(34-23-33-22-25-15-9-7-10-16-25)19-24(3)20-29(32-4)21-28(14-6-2)35-30(31)26-17-11-8-12-18-26/h5,7-12,15-18,24,27-29H,1,6,13-14,19-23H2,2-4H3/t24-,27+,28+,29+/m1/s1. The first-order valence-electron chi connectivity index (χ1n) is 12.7. The van der Waals surface area contributed by atoms with Crippen LogP contribution in [0.25, 0.3) is 0 Å². The third-order valence-electron chi connectivity index (χ3n) is 6.01. The number of hydrogen-bond acceptors (Lipinski definition) is 5. The zero-order chi connectivity index (χ0) is 25.3. The molecule has 4 atom stereocenters.